The SMILES string of the molecule is CCOC1CCCN(C(=O)CCn2nnc3ccccc3c2=O)C1. The predicted octanol–water partition coefficient (Wildman–Crippen LogP) is 1.21. The van der Waals surface area contributed by atoms with E-state index in [1.165, 1.54) is 4.68 Å². The Morgan fingerprint density at radius 2 is 2.21 bits per heavy atom. The summed E-state index contributed by atoms with van der Waals surface area (Å²) in [4.78, 5) is 26.6. The van der Waals surface area contributed by atoms with E-state index in [0.717, 1.165) is 19.4 Å². The van der Waals surface area contributed by atoms with Crippen LogP contribution in [0.4, 0.5) is 0 Å². The van der Waals surface area contributed by atoms with Gasteiger partial charge in [0.05, 0.1) is 18.0 Å². The topological polar surface area (TPSA) is 77.3 Å². The molecular weight excluding hydrogens is 308 g/mol. The lowest BCUT2D eigenvalue weighted by atomic mass is 10.1. The lowest BCUT2D eigenvalue weighted by molar-refractivity contribution is -0.135. The number of aryl methyl sites for hydroxylation is 1. The third kappa shape index (κ3) is 3.62. The summed E-state index contributed by atoms with van der Waals surface area (Å²) in [5, 5.41) is 8.49. The molecule has 1 aromatic heterocycles. The maximum Gasteiger partial charge on any atom is 0.277 e. The van der Waals surface area contributed by atoms with Crippen LogP contribution in [0.25, 0.3) is 10.9 Å². The number of aromatic nitrogens is 3. The van der Waals surface area contributed by atoms with Gasteiger partial charge in [-0.2, -0.15) is 0 Å². The molecule has 7 heteroatoms. The van der Waals surface area contributed by atoms with Crippen molar-refractivity contribution in [2.75, 3.05) is 19.7 Å². The Kier molecular flexibility index (Phi) is 5.20. The van der Waals surface area contributed by atoms with Gasteiger partial charge in [0, 0.05) is 26.1 Å². The number of carbonyl (C=O) groups excluding carboxylic acids is 1. The molecule has 1 saturated heterocycles. The van der Waals surface area contributed by atoms with E-state index in [9.17, 15) is 9.59 Å². The largest absolute Gasteiger partial charge is 0.377 e. The van der Waals surface area contributed by atoms with Gasteiger partial charge < -0.3 is 9.64 Å². The summed E-state index contributed by atoms with van der Waals surface area (Å²) in [6.07, 6.45) is 2.31. The maximum atomic E-state index is 12.4. The zero-order valence-electron chi connectivity index (χ0n) is 13.9. The van der Waals surface area contributed by atoms with Crippen LogP contribution in [0, 0.1) is 0 Å². The summed E-state index contributed by atoms with van der Waals surface area (Å²) >= 11 is 0. The van der Waals surface area contributed by atoms with E-state index < -0.39 is 0 Å². The van der Waals surface area contributed by atoms with Crippen LogP contribution in [0.1, 0.15) is 26.2 Å². The number of carbonyl (C=O) groups is 1. The molecule has 0 spiro atoms. The first-order chi connectivity index (χ1) is 11.7. The van der Waals surface area contributed by atoms with Gasteiger partial charge in [-0.1, -0.05) is 17.3 Å². The van der Waals surface area contributed by atoms with Crippen LogP contribution in [-0.2, 0) is 16.1 Å². The van der Waals surface area contributed by atoms with Crippen LogP contribution >= 0.6 is 0 Å². The van der Waals surface area contributed by atoms with Gasteiger partial charge in [0.1, 0.15) is 5.52 Å². The van der Waals surface area contributed by atoms with Gasteiger partial charge in [0.25, 0.3) is 5.56 Å². The summed E-state index contributed by atoms with van der Waals surface area (Å²) in [6, 6.07) is 7.08. The lowest BCUT2D eigenvalue weighted by Gasteiger charge is -2.32. The van der Waals surface area contributed by atoms with E-state index >= 15 is 0 Å². The lowest BCUT2D eigenvalue weighted by Crippen LogP contribution is -2.43. The highest BCUT2D eigenvalue weighted by molar-refractivity contribution is 5.77. The van der Waals surface area contributed by atoms with Crippen molar-refractivity contribution in [3.8, 4) is 0 Å². The summed E-state index contributed by atoms with van der Waals surface area (Å²) in [5.74, 6) is 0.0289. The molecule has 128 valence electrons. The zero-order valence-corrected chi connectivity index (χ0v) is 13.9. The molecule has 1 fully saturated rings. The molecule has 24 heavy (non-hydrogen) atoms. The molecule has 1 aliphatic rings. The second-order valence-corrected chi connectivity index (χ2v) is 5.94. The van der Waals surface area contributed by atoms with Gasteiger partial charge in [-0.25, -0.2) is 4.68 Å². The number of ether oxygens (including phenoxy) is 1. The number of benzene rings is 1. The maximum absolute atomic E-state index is 12.4. The van der Waals surface area contributed by atoms with Crippen LogP contribution in [0.3, 0.4) is 0 Å². The number of rotatable bonds is 5. The Balaban J connectivity index is 1.64. The number of likely N-dealkylation sites (tertiary alicyclic amines) is 1. The zero-order chi connectivity index (χ0) is 16.9. The molecule has 0 radical (unpaired) electrons. The highest BCUT2D eigenvalue weighted by Crippen LogP contribution is 2.14. The summed E-state index contributed by atoms with van der Waals surface area (Å²) in [7, 11) is 0. The molecule has 0 bridgehead atoms. The van der Waals surface area contributed by atoms with Gasteiger partial charge in [-0.05, 0) is 31.9 Å². The molecule has 1 aromatic carbocycles. The molecule has 1 aliphatic heterocycles. The summed E-state index contributed by atoms with van der Waals surface area (Å²) < 4.78 is 6.89. The second kappa shape index (κ2) is 7.53. The fourth-order valence-corrected chi connectivity index (χ4v) is 3.07. The van der Waals surface area contributed by atoms with Crippen molar-refractivity contribution in [3.63, 3.8) is 0 Å². The smallest absolute Gasteiger partial charge is 0.277 e. The molecule has 1 atom stereocenters. The van der Waals surface area contributed by atoms with Gasteiger partial charge in [-0.3, -0.25) is 9.59 Å². The average molecular weight is 330 g/mol. The highest BCUT2D eigenvalue weighted by Gasteiger charge is 2.23. The van der Waals surface area contributed by atoms with Crippen molar-refractivity contribution < 1.29 is 9.53 Å². The van der Waals surface area contributed by atoms with Crippen LogP contribution < -0.4 is 5.56 Å². The second-order valence-electron chi connectivity index (χ2n) is 5.94. The third-order valence-electron chi connectivity index (χ3n) is 4.30. The van der Waals surface area contributed by atoms with Crippen molar-refractivity contribution >= 4 is 16.8 Å². The average Bonchev–Trinajstić information content (AvgIpc) is 2.62. The number of hydrogen-bond donors (Lipinski definition) is 0. The van der Waals surface area contributed by atoms with Crippen molar-refractivity contribution in [2.45, 2.75) is 38.8 Å². The normalized spacial score (nSPS) is 18.0. The first-order valence-electron chi connectivity index (χ1n) is 8.41. The summed E-state index contributed by atoms with van der Waals surface area (Å²) in [6.45, 7) is 4.25. The molecule has 7 nitrogen and oxygen atoms in total. The number of fused-ring (bicyclic) bond motifs is 1. The molecule has 3 rings (SSSR count). The Bertz CT molecular complexity index is 772. The van der Waals surface area contributed by atoms with Gasteiger partial charge >= 0.3 is 0 Å². The van der Waals surface area contributed by atoms with Crippen molar-refractivity contribution in [1.82, 2.24) is 19.9 Å². The molecule has 0 N–H and O–H groups in total. The molecule has 1 unspecified atom stereocenters. The minimum absolute atomic E-state index is 0.0289. The van der Waals surface area contributed by atoms with Crippen LogP contribution in [0.5, 0.6) is 0 Å². The van der Waals surface area contributed by atoms with E-state index in [0.29, 0.717) is 24.1 Å². The predicted molar refractivity (Wildman–Crippen MR) is 89.6 cm³/mol. The quantitative estimate of drug-likeness (QED) is 0.823. The first-order valence-corrected chi connectivity index (χ1v) is 8.41. The molecule has 2 heterocycles. The fourth-order valence-electron chi connectivity index (χ4n) is 3.07. The third-order valence-corrected chi connectivity index (χ3v) is 4.30. The molecule has 1 amide bonds. The van der Waals surface area contributed by atoms with Gasteiger partial charge in [-0.15, -0.1) is 5.10 Å². The van der Waals surface area contributed by atoms with E-state index in [4.69, 9.17) is 4.74 Å². The Morgan fingerprint density at radius 3 is 3.04 bits per heavy atom. The molecule has 0 aliphatic carbocycles. The standard InChI is InChI=1S/C17H22N4O3/c1-2-24-13-6-5-10-20(12-13)16(22)9-11-21-17(23)14-7-3-4-8-15(14)18-19-21/h3-4,7-8,13H,2,5-6,9-12H2,1H3. The van der Waals surface area contributed by atoms with Crippen molar-refractivity contribution in [3.05, 3.63) is 34.6 Å². The first kappa shape index (κ1) is 16.6. The van der Waals surface area contributed by atoms with Gasteiger partial charge in [0.2, 0.25) is 5.91 Å². The minimum atomic E-state index is -0.209. The monoisotopic (exact) mass is 330 g/mol. The van der Waals surface area contributed by atoms with Crippen molar-refractivity contribution in [2.24, 2.45) is 0 Å². The van der Waals surface area contributed by atoms with E-state index in [2.05, 4.69) is 10.3 Å². The van der Waals surface area contributed by atoms with Crippen LogP contribution in [-0.4, -0.2) is 51.6 Å². The highest BCUT2D eigenvalue weighted by atomic mass is 16.5. The minimum Gasteiger partial charge on any atom is -0.377 e. The molecule has 0 saturated carbocycles. The Morgan fingerprint density at radius 1 is 1.38 bits per heavy atom. The summed E-state index contributed by atoms with van der Waals surface area (Å²) in [5.41, 5.74) is 0.361. The van der Waals surface area contributed by atoms with Crippen LogP contribution in [0.2, 0.25) is 0 Å². The van der Waals surface area contributed by atoms with E-state index in [1.807, 2.05) is 17.9 Å². The number of nitrogens with zero attached hydrogens (tertiary/aromatic N) is 4. The Labute approximate surface area is 140 Å². The Hall–Kier alpha value is -2.28. The number of hydrogen-bond acceptors (Lipinski definition) is 5. The van der Waals surface area contributed by atoms with Crippen molar-refractivity contribution in [1.29, 1.82) is 0 Å². The van der Waals surface area contributed by atoms with E-state index in [-0.39, 0.29) is 30.5 Å². The molecule has 2 aromatic rings. The van der Waals surface area contributed by atoms with Gasteiger partial charge in [0.15, 0.2) is 0 Å². The fraction of sp³-hybridized carbons (Fsp3) is 0.529. The number of amides is 1. The van der Waals surface area contributed by atoms with Crippen LogP contribution in [0.15, 0.2) is 29.1 Å². The number of piperidine rings is 1. The van der Waals surface area contributed by atoms with E-state index in [1.54, 1.807) is 18.2 Å². The molecular formula is C17H22N4O3.